The number of nitrogens with one attached hydrogen (secondary N) is 1. The summed E-state index contributed by atoms with van der Waals surface area (Å²) in [6, 6.07) is 18.0. The van der Waals surface area contributed by atoms with Gasteiger partial charge in [-0.15, -0.1) is 22.7 Å². The second-order valence-corrected chi connectivity index (χ2v) is 9.04. The van der Waals surface area contributed by atoms with E-state index in [1.54, 1.807) is 41.8 Å². The Morgan fingerprint density at radius 2 is 1.77 bits per heavy atom. The number of thiazole rings is 1. The van der Waals surface area contributed by atoms with E-state index in [0.29, 0.717) is 15.8 Å². The number of thiophene rings is 1. The standard InChI is InChI=1S/C21H17N3O3S3/c1-14-8-10-15(11-9-14)17-13-29-21(22-17)23-20(25)16-5-2-3-6-18(16)24(30(26)27)19-7-4-12-28-19/h2-13,30H,1H3,(H,22,23,25). The van der Waals surface area contributed by atoms with Crippen LogP contribution in [0.2, 0.25) is 0 Å². The molecule has 1 amide bonds. The van der Waals surface area contributed by atoms with Gasteiger partial charge < -0.3 is 0 Å². The van der Waals surface area contributed by atoms with Gasteiger partial charge >= 0.3 is 0 Å². The number of carbonyl (C=O) groups is 1. The molecule has 0 saturated carbocycles. The molecule has 2 heterocycles. The van der Waals surface area contributed by atoms with E-state index in [1.807, 2.05) is 36.6 Å². The van der Waals surface area contributed by atoms with E-state index in [9.17, 15) is 13.2 Å². The van der Waals surface area contributed by atoms with Crippen LogP contribution in [0, 0.1) is 6.92 Å². The molecule has 0 aliphatic carbocycles. The normalized spacial score (nSPS) is 10.9. The van der Waals surface area contributed by atoms with Crippen molar-refractivity contribution < 1.29 is 13.2 Å². The summed E-state index contributed by atoms with van der Waals surface area (Å²) in [6.07, 6.45) is 0. The topological polar surface area (TPSA) is 79.4 Å². The lowest BCUT2D eigenvalue weighted by atomic mass is 10.1. The molecular formula is C21H17N3O3S3. The summed E-state index contributed by atoms with van der Waals surface area (Å²) >= 11 is 2.60. The van der Waals surface area contributed by atoms with Crippen LogP contribution in [0.25, 0.3) is 11.3 Å². The smallest absolute Gasteiger partial charge is 0.259 e. The number of amides is 1. The third kappa shape index (κ3) is 4.28. The molecule has 152 valence electrons. The van der Waals surface area contributed by atoms with Gasteiger partial charge in [-0.1, -0.05) is 42.0 Å². The van der Waals surface area contributed by atoms with Gasteiger partial charge in [0, 0.05) is 10.9 Å². The van der Waals surface area contributed by atoms with Crippen molar-refractivity contribution in [2.75, 3.05) is 9.62 Å². The van der Waals surface area contributed by atoms with Crippen LogP contribution in [0.3, 0.4) is 0 Å². The van der Waals surface area contributed by atoms with E-state index in [1.165, 1.54) is 22.7 Å². The minimum absolute atomic E-state index is 0.247. The number of aryl methyl sites for hydroxylation is 1. The highest BCUT2D eigenvalue weighted by atomic mass is 32.2. The largest absolute Gasteiger partial charge is 0.298 e. The van der Waals surface area contributed by atoms with Crippen molar-refractivity contribution in [2.24, 2.45) is 0 Å². The van der Waals surface area contributed by atoms with Gasteiger partial charge in [0.25, 0.3) is 5.91 Å². The Kier molecular flexibility index (Phi) is 5.93. The highest BCUT2D eigenvalue weighted by molar-refractivity contribution is 7.74. The Hall–Kier alpha value is -3.01. The lowest BCUT2D eigenvalue weighted by Crippen LogP contribution is -2.20. The molecule has 0 saturated heterocycles. The van der Waals surface area contributed by atoms with Crippen molar-refractivity contribution in [2.45, 2.75) is 6.92 Å². The Balaban J connectivity index is 1.61. The van der Waals surface area contributed by atoms with Crippen LogP contribution in [-0.2, 0) is 10.9 Å². The van der Waals surface area contributed by atoms with E-state index in [4.69, 9.17) is 0 Å². The average molecular weight is 456 g/mol. The molecule has 0 radical (unpaired) electrons. The van der Waals surface area contributed by atoms with Gasteiger partial charge in [0.05, 0.1) is 16.9 Å². The molecule has 0 spiro atoms. The van der Waals surface area contributed by atoms with Crippen molar-refractivity contribution in [3.8, 4) is 11.3 Å². The second-order valence-electron chi connectivity index (χ2n) is 6.38. The zero-order valence-corrected chi connectivity index (χ0v) is 18.3. The maximum atomic E-state index is 13.0. The van der Waals surface area contributed by atoms with Crippen molar-refractivity contribution in [1.82, 2.24) is 4.98 Å². The van der Waals surface area contributed by atoms with Gasteiger partial charge in [-0.3, -0.25) is 10.1 Å². The minimum atomic E-state index is -2.97. The quantitative estimate of drug-likeness (QED) is 0.397. The molecule has 9 heteroatoms. The Bertz CT molecular complexity index is 1240. The average Bonchev–Trinajstić information content (AvgIpc) is 3.41. The highest BCUT2D eigenvalue weighted by Crippen LogP contribution is 2.33. The molecule has 0 aliphatic rings. The van der Waals surface area contributed by atoms with Gasteiger partial charge in [0.15, 0.2) is 5.13 Å². The monoisotopic (exact) mass is 455 g/mol. The third-order valence-electron chi connectivity index (χ3n) is 4.33. The van der Waals surface area contributed by atoms with Gasteiger partial charge in [-0.25, -0.2) is 17.7 Å². The minimum Gasteiger partial charge on any atom is -0.298 e. The molecule has 0 bridgehead atoms. The van der Waals surface area contributed by atoms with Crippen LogP contribution in [-0.4, -0.2) is 19.3 Å². The van der Waals surface area contributed by atoms with Crippen LogP contribution in [0.4, 0.5) is 15.8 Å². The van der Waals surface area contributed by atoms with E-state index in [2.05, 4.69) is 10.3 Å². The molecule has 30 heavy (non-hydrogen) atoms. The fraction of sp³-hybridized carbons (Fsp3) is 0.0476. The molecule has 2 aromatic heterocycles. The number of hydrogen-bond acceptors (Lipinski definition) is 6. The lowest BCUT2D eigenvalue weighted by molar-refractivity contribution is 0.102. The highest BCUT2D eigenvalue weighted by Gasteiger charge is 2.21. The molecular weight excluding hydrogens is 438 g/mol. The van der Waals surface area contributed by atoms with Crippen molar-refractivity contribution in [3.63, 3.8) is 0 Å². The second kappa shape index (κ2) is 8.78. The van der Waals surface area contributed by atoms with Gasteiger partial charge in [0.1, 0.15) is 5.00 Å². The summed E-state index contributed by atoms with van der Waals surface area (Å²) in [4.78, 5) is 17.4. The van der Waals surface area contributed by atoms with E-state index in [0.717, 1.165) is 21.1 Å². The number of nitrogens with zero attached hydrogens (tertiary/aromatic N) is 2. The summed E-state index contributed by atoms with van der Waals surface area (Å²) in [7, 11) is -2.97. The van der Waals surface area contributed by atoms with Crippen molar-refractivity contribution in [3.05, 3.63) is 82.6 Å². The predicted molar refractivity (Wildman–Crippen MR) is 123 cm³/mol. The summed E-state index contributed by atoms with van der Waals surface area (Å²) in [5.41, 5.74) is 3.43. The Labute approximate surface area is 183 Å². The maximum absolute atomic E-state index is 13.0. The molecule has 0 fully saturated rings. The number of para-hydroxylation sites is 1. The molecule has 4 aromatic rings. The Morgan fingerprint density at radius 1 is 1.00 bits per heavy atom. The number of carbonyl (C=O) groups excluding carboxylic acids is 1. The molecule has 1 N–H and O–H groups in total. The number of aromatic nitrogens is 1. The van der Waals surface area contributed by atoms with Crippen LogP contribution in [0.15, 0.2) is 71.4 Å². The zero-order chi connectivity index (χ0) is 21.1. The number of rotatable bonds is 6. The molecule has 0 aliphatic heterocycles. The van der Waals surface area contributed by atoms with Crippen molar-refractivity contribution >= 4 is 55.3 Å². The molecule has 2 aromatic carbocycles. The Morgan fingerprint density at radius 3 is 2.47 bits per heavy atom. The van der Waals surface area contributed by atoms with Crippen LogP contribution >= 0.6 is 22.7 Å². The maximum Gasteiger partial charge on any atom is 0.259 e. The summed E-state index contributed by atoms with van der Waals surface area (Å²) in [5.74, 6) is -0.422. The number of anilines is 3. The van der Waals surface area contributed by atoms with Crippen LogP contribution in [0.5, 0.6) is 0 Å². The number of thiol groups is 1. The first-order valence-electron chi connectivity index (χ1n) is 8.94. The first-order valence-corrected chi connectivity index (χ1v) is 11.8. The number of benzene rings is 2. The summed E-state index contributed by atoms with van der Waals surface area (Å²) in [6.45, 7) is 2.02. The van der Waals surface area contributed by atoms with Crippen molar-refractivity contribution in [1.29, 1.82) is 0 Å². The van der Waals surface area contributed by atoms with E-state index < -0.39 is 16.8 Å². The van der Waals surface area contributed by atoms with Crippen LogP contribution < -0.4 is 9.62 Å². The van der Waals surface area contributed by atoms with Gasteiger partial charge in [-0.05, 0) is 36.6 Å². The third-order valence-corrected chi connectivity index (χ3v) is 6.83. The van der Waals surface area contributed by atoms with E-state index >= 15 is 0 Å². The molecule has 4 rings (SSSR count). The van der Waals surface area contributed by atoms with Gasteiger partial charge in [0.2, 0.25) is 10.9 Å². The number of hydrogen-bond donors (Lipinski definition) is 2. The molecule has 0 atom stereocenters. The zero-order valence-electron chi connectivity index (χ0n) is 15.8. The first kappa shape index (κ1) is 20.3. The lowest BCUT2D eigenvalue weighted by Gasteiger charge is -2.18. The first-order chi connectivity index (χ1) is 14.5. The fourth-order valence-corrected chi connectivity index (χ4v) is 5.17. The van der Waals surface area contributed by atoms with Gasteiger partial charge in [-0.2, -0.15) is 0 Å². The molecule has 0 unspecified atom stereocenters. The summed E-state index contributed by atoms with van der Waals surface area (Å²) in [5, 5.41) is 7.41. The van der Waals surface area contributed by atoms with E-state index in [-0.39, 0.29) is 5.56 Å². The SMILES string of the molecule is Cc1ccc(-c2csc(NC(=O)c3ccccc3N(c3cccs3)[SH](=O)=O)n2)cc1. The predicted octanol–water partition coefficient (Wildman–Crippen LogP) is 5.10. The summed E-state index contributed by atoms with van der Waals surface area (Å²) < 4.78 is 25.0. The molecule has 6 nitrogen and oxygen atoms in total. The van der Waals surface area contributed by atoms with Crippen LogP contribution in [0.1, 0.15) is 15.9 Å². The fourth-order valence-electron chi connectivity index (χ4n) is 2.88.